The van der Waals surface area contributed by atoms with Gasteiger partial charge in [0.1, 0.15) is 17.7 Å². The fourth-order valence-corrected chi connectivity index (χ4v) is 3.88. The molecule has 2 heterocycles. The smallest absolute Gasteiger partial charge is 0.135 e. The Bertz CT molecular complexity index is 878. The lowest BCUT2D eigenvalue weighted by Gasteiger charge is -2.34. The first kappa shape index (κ1) is 20.1. The third-order valence-corrected chi connectivity index (χ3v) is 5.51. The fourth-order valence-electron chi connectivity index (χ4n) is 3.88. The molecule has 1 aromatic heterocycles. The molecule has 1 saturated heterocycles. The van der Waals surface area contributed by atoms with E-state index in [2.05, 4.69) is 37.8 Å². The molecule has 0 aliphatic carbocycles. The Morgan fingerprint density at radius 1 is 1.07 bits per heavy atom. The Morgan fingerprint density at radius 3 is 2.39 bits per heavy atom. The number of benzene rings is 1. The van der Waals surface area contributed by atoms with E-state index in [0.717, 1.165) is 68.1 Å². The molecular formula is C23H31N5. The van der Waals surface area contributed by atoms with Crippen molar-refractivity contribution in [2.24, 2.45) is 0 Å². The van der Waals surface area contributed by atoms with E-state index in [9.17, 15) is 5.26 Å². The third kappa shape index (κ3) is 3.96. The van der Waals surface area contributed by atoms with Crippen molar-refractivity contribution in [2.75, 3.05) is 23.7 Å². The quantitative estimate of drug-likeness (QED) is 0.698. The number of aryl methyl sites for hydroxylation is 2. The van der Waals surface area contributed by atoms with Crippen LogP contribution in [0.1, 0.15) is 73.8 Å². The van der Waals surface area contributed by atoms with Gasteiger partial charge in [0.25, 0.3) is 0 Å². The largest absolute Gasteiger partial charge is 0.398 e. The molecule has 0 amide bonds. The van der Waals surface area contributed by atoms with Crippen LogP contribution >= 0.6 is 0 Å². The maximum atomic E-state index is 9.76. The van der Waals surface area contributed by atoms with Crippen LogP contribution in [0.15, 0.2) is 12.1 Å². The van der Waals surface area contributed by atoms with Crippen LogP contribution in [0.4, 0.5) is 11.5 Å². The summed E-state index contributed by atoms with van der Waals surface area (Å²) in [5.41, 5.74) is 11.9. The summed E-state index contributed by atoms with van der Waals surface area (Å²) in [5.74, 6) is 1.99. The number of aromatic nitrogens is 2. The highest BCUT2D eigenvalue weighted by atomic mass is 15.2. The minimum atomic E-state index is 0.558. The van der Waals surface area contributed by atoms with Gasteiger partial charge in [-0.05, 0) is 36.5 Å². The second-order valence-corrected chi connectivity index (χ2v) is 7.54. The minimum Gasteiger partial charge on any atom is -0.398 e. The number of nitrogen functional groups attached to an aromatic ring is 1. The van der Waals surface area contributed by atoms with Crippen LogP contribution in [-0.4, -0.2) is 23.1 Å². The van der Waals surface area contributed by atoms with Crippen LogP contribution in [0.2, 0.25) is 0 Å². The lowest BCUT2D eigenvalue weighted by atomic mass is 9.91. The number of hydrogen-bond acceptors (Lipinski definition) is 5. The van der Waals surface area contributed by atoms with Crippen molar-refractivity contribution in [3.8, 4) is 6.07 Å². The molecule has 0 atom stereocenters. The van der Waals surface area contributed by atoms with Crippen molar-refractivity contribution in [3.63, 3.8) is 0 Å². The molecule has 1 fully saturated rings. The van der Waals surface area contributed by atoms with Crippen LogP contribution in [0.3, 0.4) is 0 Å². The molecular weight excluding hydrogens is 346 g/mol. The SMILES string of the molecule is CCCc1ccc(N)c(C#N)c1Cc1nc(CC)nc(N2CCC2)c1CCC. The molecule has 2 aromatic rings. The van der Waals surface area contributed by atoms with Crippen molar-refractivity contribution >= 4 is 11.5 Å². The normalized spacial score (nSPS) is 13.3. The molecule has 5 nitrogen and oxygen atoms in total. The summed E-state index contributed by atoms with van der Waals surface area (Å²) >= 11 is 0. The van der Waals surface area contributed by atoms with Gasteiger partial charge in [-0.2, -0.15) is 5.26 Å². The molecule has 0 unspecified atom stereocenters. The van der Waals surface area contributed by atoms with Crippen LogP contribution in [0.25, 0.3) is 0 Å². The summed E-state index contributed by atoms with van der Waals surface area (Å²) < 4.78 is 0. The zero-order valence-corrected chi connectivity index (χ0v) is 17.4. The zero-order chi connectivity index (χ0) is 20.1. The van der Waals surface area contributed by atoms with E-state index in [1.165, 1.54) is 17.5 Å². The zero-order valence-electron chi connectivity index (χ0n) is 17.4. The molecule has 1 aliphatic heterocycles. The van der Waals surface area contributed by atoms with E-state index >= 15 is 0 Å². The van der Waals surface area contributed by atoms with E-state index in [1.54, 1.807) is 0 Å². The molecule has 3 rings (SSSR count). The van der Waals surface area contributed by atoms with Crippen molar-refractivity contribution in [1.29, 1.82) is 5.26 Å². The predicted octanol–water partition coefficient (Wildman–Crippen LogP) is 4.20. The van der Waals surface area contributed by atoms with Gasteiger partial charge in [-0.3, -0.25) is 0 Å². The van der Waals surface area contributed by atoms with Crippen molar-refractivity contribution in [3.05, 3.63) is 45.9 Å². The number of nitrogens with zero attached hydrogens (tertiary/aromatic N) is 4. The monoisotopic (exact) mass is 377 g/mol. The number of anilines is 2. The summed E-state index contributed by atoms with van der Waals surface area (Å²) in [5, 5.41) is 9.76. The summed E-state index contributed by atoms with van der Waals surface area (Å²) in [6.07, 6.45) is 6.66. The Hall–Kier alpha value is -2.61. The second kappa shape index (κ2) is 9.05. The standard InChI is InChI=1S/C23H31N5/c1-4-8-16-10-11-20(25)19(15-24)18(16)14-21-17(9-5-2)23(28-12-7-13-28)27-22(6-3)26-21/h10-11H,4-9,12-14,25H2,1-3H3. The van der Waals surface area contributed by atoms with E-state index in [1.807, 2.05) is 6.07 Å². The first-order valence-electron chi connectivity index (χ1n) is 10.6. The van der Waals surface area contributed by atoms with Gasteiger partial charge in [0, 0.05) is 37.2 Å². The van der Waals surface area contributed by atoms with Gasteiger partial charge < -0.3 is 10.6 Å². The number of rotatable bonds is 8. The lowest BCUT2D eigenvalue weighted by molar-refractivity contribution is 0.600. The highest BCUT2D eigenvalue weighted by molar-refractivity contribution is 5.62. The van der Waals surface area contributed by atoms with Gasteiger partial charge in [0.2, 0.25) is 0 Å². The van der Waals surface area contributed by atoms with Crippen molar-refractivity contribution < 1.29 is 0 Å². The highest BCUT2D eigenvalue weighted by Crippen LogP contribution is 2.31. The Labute approximate surface area is 168 Å². The molecule has 0 spiro atoms. The lowest BCUT2D eigenvalue weighted by Crippen LogP contribution is -2.39. The van der Waals surface area contributed by atoms with Crippen LogP contribution in [0, 0.1) is 11.3 Å². The maximum absolute atomic E-state index is 9.76. The Morgan fingerprint density at radius 2 is 1.82 bits per heavy atom. The summed E-state index contributed by atoms with van der Waals surface area (Å²) in [7, 11) is 0. The Kier molecular flexibility index (Phi) is 6.51. The van der Waals surface area contributed by atoms with Gasteiger partial charge in [-0.15, -0.1) is 0 Å². The Balaban J connectivity index is 2.14. The number of hydrogen-bond donors (Lipinski definition) is 1. The number of nitrogens with two attached hydrogens (primary N) is 1. The third-order valence-electron chi connectivity index (χ3n) is 5.51. The average Bonchev–Trinajstić information content (AvgIpc) is 2.65. The predicted molar refractivity (Wildman–Crippen MR) is 115 cm³/mol. The molecule has 1 aliphatic rings. The molecule has 148 valence electrons. The first-order valence-corrected chi connectivity index (χ1v) is 10.6. The fraction of sp³-hybridized carbons (Fsp3) is 0.522. The molecule has 0 bridgehead atoms. The highest BCUT2D eigenvalue weighted by Gasteiger charge is 2.24. The first-order chi connectivity index (χ1) is 13.6. The summed E-state index contributed by atoms with van der Waals surface area (Å²) in [6.45, 7) is 8.60. The van der Waals surface area contributed by atoms with Crippen LogP contribution in [-0.2, 0) is 25.7 Å². The van der Waals surface area contributed by atoms with E-state index in [0.29, 0.717) is 17.7 Å². The van der Waals surface area contributed by atoms with E-state index in [-0.39, 0.29) is 0 Å². The van der Waals surface area contributed by atoms with Crippen LogP contribution in [0.5, 0.6) is 0 Å². The topological polar surface area (TPSA) is 78.8 Å². The van der Waals surface area contributed by atoms with Crippen molar-refractivity contribution in [2.45, 2.75) is 65.7 Å². The molecule has 0 saturated carbocycles. The van der Waals surface area contributed by atoms with E-state index in [4.69, 9.17) is 15.7 Å². The molecule has 28 heavy (non-hydrogen) atoms. The second-order valence-electron chi connectivity index (χ2n) is 7.54. The van der Waals surface area contributed by atoms with Gasteiger partial charge in [-0.25, -0.2) is 9.97 Å². The van der Waals surface area contributed by atoms with Gasteiger partial charge in [0.05, 0.1) is 11.3 Å². The van der Waals surface area contributed by atoms with Gasteiger partial charge in [-0.1, -0.05) is 39.7 Å². The molecule has 1 aromatic carbocycles. The maximum Gasteiger partial charge on any atom is 0.135 e. The van der Waals surface area contributed by atoms with E-state index < -0.39 is 0 Å². The number of nitriles is 1. The summed E-state index contributed by atoms with van der Waals surface area (Å²) in [6, 6.07) is 6.28. The molecule has 0 radical (unpaired) electrons. The van der Waals surface area contributed by atoms with Crippen LogP contribution < -0.4 is 10.6 Å². The van der Waals surface area contributed by atoms with Gasteiger partial charge in [0.15, 0.2) is 0 Å². The van der Waals surface area contributed by atoms with Gasteiger partial charge >= 0.3 is 0 Å². The molecule has 5 heteroatoms. The summed E-state index contributed by atoms with van der Waals surface area (Å²) in [4.78, 5) is 12.2. The minimum absolute atomic E-state index is 0.558. The average molecular weight is 378 g/mol. The molecule has 2 N–H and O–H groups in total. The van der Waals surface area contributed by atoms with Crippen molar-refractivity contribution in [1.82, 2.24) is 9.97 Å².